The molecule has 2 heterocycles. The van der Waals surface area contributed by atoms with Crippen molar-refractivity contribution in [3.05, 3.63) is 47.5 Å². The summed E-state index contributed by atoms with van der Waals surface area (Å²) in [6.45, 7) is 7.37. The maximum atomic E-state index is 13.0. The monoisotopic (exact) mass is 388 g/mol. The van der Waals surface area contributed by atoms with Gasteiger partial charge in [-0.05, 0) is 37.6 Å². The molecule has 1 saturated heterocycles. The van der Waals surface area contributed by atoms with Crippen molar-refractivity contribution in [2.75, 3.05) is 44.3 Å². The van der Waals surface area contributed by atoms with Crippen LogP contribution in [0.15, 0.2) is 41.3 Å². The average molecular weight is 388 g/mol. The van der Waals surface area contributed by atoms with Gasteiger partial charge in [0.1, 0.15) is 13.2 Å². The first-order chi connectivity index (χ1) is 12.9. The second kappa shape index (κ2) is 7.05. The molecular formula is C20H24N2O4S. The molecule has 0 amide bonds. The Morgan fingerprint density at radius 3 is 2.26 bits per heavy atom. The fourth-order valence-corrected chi connectivity index (χ4v) is 5.10. The summed E-state index contributed by atoms with van der Waals surface area (Å²) in [6, 6.07) is 11.2. The highest BCUT2D eigenvalue weighted by Crippen LogP contribution is 2.33. The van der Waals surface area contributed by atoms with Crippen molar-refractivity contribution in [2.45, 2.75) is 18.7 Å². The zero-order chi connectivity index (χ0) is 19.0. The lowest BCUT2D eigenvalue weighted by molar-refractivity contribution is 0.171. The first-order valence-corrected chi connectivity index (χ1v) is 10.6. The van der Waals surface area contributed by atoms with Crippen LogP contribution < -0.4 is 14.4 Å². The molecule has 2 aliphatic rings. The van der Waals surface area contributed by atoms with E-state index < -0.39 is 10.0 Å². The van der Waals surface area contributed by atoms with Crippen LogP contribution in [0.25, 0.3) is 0 Å². The van der Waals surface area contributed by atoms with Crippen LogP contribution >= 0.6 is 0 Å². The minimum absolute atomic E-state index is 0.256. The van der Waals surface area contributed by atoms with E-state index >= 15 is 0 Å². The van der Waals surface area contributed by atoms with Crippen LogP contribution in [0, 0.1) is 13.8 Å². The molecule has 2 aromatic rings. The van der Waals surface area contributed by atoms with Gasteiger partial charge in [-0.1, -0.05) is 17.7 Å². The van der Waals surface area contributed by atoms with Crippen molar-refractivity contribution in [1.29, 1.82) is 0 Å². The Morgan fingerprint density at radius 1 is 0.852 bits per heavy atom. The number of hydrogen-bond donors (Lipinski definition) is 0. The van der Waals surface area contributed by atoms with Gasteiger partial charge in [-0.15, -0.1) is 0 Å². The van der Waals surface area contributed by atoms with E-state index in [-0.39, 0.29) is 4.90 Å². The van der Waals surface area contributed by atoms with Gasteiger partial charge in [0.2, 0.25) is 10.0 Å². The zero-order valence-electron chi connectivity index (χ0n) is 15.6. The fourth-order valence-electron chi connectivity index (χ4n) is 3.66. The number of anilines is 1. The van der Waals surface area contributed by atoms with Crippen molar-refractivity contribution in [3.63, 3.8) is 0 Å². The van der Waals surface area contributed by atoms with Gasteiger partial charge < -0.3 is 14.4 Å². The number of hydrogen-bond acceptors (Lipinski definition) is 5. The van der Waals surface area contributed by atoms with Gasteiger partial charge in [-0.2, -0.15) is 4.31 Å². The number of aryl methyl sites for hydroxylation is 2. The maximum Gasteiger partial charge on any atom is 0.243 e. The Labute approximate surface area is 160 Å². The van der Waals surface area contributed by atoms with Crippen LogP contribution in [0.4, 0.5) is 5.69 Å². The number of nitrogens with zero attached hydrogens (tertiary/aromatic N) is 2. The lowest BCUT2D eigenvalue weighted by Gasteiger charge is -2.36. The van der Waals surface area contributed by atoms with Gasteiger partial charge in [-0.25, -0.2) is 8.42 Å². The van der Waals surface area contributed by atoms with Crippen molar-refractivity contribution in [2.24, 2.45) is 0 Å². The van der Waals surface area contributed by atoms with E-state index in [1.807, 2.05) is 0 Å². The number of rotatable bonds is 3. The lowest BCUT2D eigenvalue weighted by Crippen LogP contribution is -2.48. The molecule has 0 spiro atoms. The van der Waals surface area contributed by atoms with Crippen LogP contribution in [0.2, 0.25) is 0 Å². The summed E-state index contributed by atoms with van der Waals surface area (Å²) in [5, 5.41) is 0. The molecule has 2 aliphatic heterocycles. The van der Waals surface area contributed by atoms with Crippen LogP contribution in [0.1, 0.15) is 11.1 Å². The Hall–Kier alpha value is -2.25. The average Bonchev–Trinajstić information content (AvgIpc) is 2.68. The van der Waals surface area contributed by atoms with E-state index in [1.54, 1.807) is 22.5 Å². The lowest BCUT2D eigenvalue weighted by atomic mass is 10.1. The third-order valence-corrected chi connectivity index (χ3v) is 6.98. The summed E-state index contributed by atoms with van der Waals surface area (Å²) >= 11 is 0. The van der Waals surface area contributed by atoms with Crippen molar-refractivity contribution < 1.29 is 17.9 Å². The highest BCUT2D eigenvalue weighted by Gasteiger charge is 2.30. The predicted molar refractivity (Wildman–Crippen MR) is 104 cm³/mol. The first kappa shape index (κ1) is 18.1. The SMILES string of the molecule is Cc1ccc(N2CCN(S(=O)(=O)c3ccc4c(c3)OCCO4)CC2)c(C)c1. The van der Waals surface area contributed by atoms with E-state index in [2.05, 4.69) is 36.9 Å². The minimum Gasteiger partial charge on any atom is -0.486 e. The second-order valence-corrected chi connectivity index (χ2v) is 8.92. The molecule has 6 nitrogen and oxygen atoms in total. The van der Waals surface area contributed by atoms with Crippen LogP contribution in [-0.2, 0) is 10.0 Å². The van der Waals surface area contributed by atoms with Gasteiger partial charge in [0, 0.05) is 37.9 Å². The molecule has 2 aromatic carbocycles. The molecule has 4 rings (SSSR count). The fraction of sp³-hybridized carbons (Fsp3) is 0.400. The Kier molecular flexibility index (Phi) is 4.74. The van der Waals surface area contributed by atoms with E-state index in [0.29, 0.717) is 50.9 Å². The molecule has 0 atom stereocenters. The van der Waals surface area contributed by atoms with E-state index in [1.165, 1.54) is 16.8 Å². The first-order valence-electron chi connectivity index (χ1n) is 9.17. The molecule has 27 heavy (non-hydrogen) atoms. The topological polar surface area (TPSA) is 59.1 Å². The van der Waals surface area contributed by atoms with Gasteiger partial charge >= 0.3 is 0 Å². The molecule has 0 N–H and O–H groups in total. The molecule has 7 heteroatoms. The minimum atomic E-state index is -3.55. The summed E-state index contributed by atoms with van der Waals surface area (Å²) < 4.78 is 38.6. The zero-order valence-corrected chi connectivity index (χ0v) is 16.5. The van der Waals surface area contributed by atoms with Gasteiger partial charge in [0.05, 0.1) is 4.90 Å². The van der Waals surface area contributed by atoms with Crippen molar-refractivity contribution in [1.82, 2.24) is 4.31 Å². The molecule has 0 aromatic heterocycles. The molecule has 0 unspecified atom stereocenters. The summed E-state index contributed by atoms with van der Waals surface area (Å²) in [5.41, 5.74) is 3.63. The summed E-state index contributed by atoms with van der Waals surface area (Å²) in [6.07, 6.45) is 0. The third-order valence-electron chi connectivity index (χ3n) is 5.08. The maximum absolute atomic E-state index is 13.0. The van der Waals surface area contributed by atoms with Crippen LogP contribution in [0.5, 0.6) is 11.5 Å². The molecule has 0 aliphatic carbocycles. The number of benzene rings is 2. The predicted octanol–water partition coefficient (Wildman–Crippen LogP) is 2.59. The highest BCUT2D eigenvalue weighted by molar-refractivity contribution is 7.89. The summed E-state index contributed by atoms with van der Waals surface area (Å²) in [7, 11) is -3.55. The smallest absolute Gasteiger partial charge is 0.243 e. The highest BCUT2D eigenvalue weighted by atomic mass is 32.2. The normalized spacial score (nSPS) is 17.8. The molecule has 1 fully saturated rings. The molecule has 0 saturated carbocycles. The number of fused-ring (bicyclic) bond motifs is 1. The Morgan fingerprint density at radius 2 is 1.56 bits per heavy atom. The summed E-state index contributed by atoms with van der Waals surface area (Å²) in [4.78, 5) is 2.51. The van der Waals surface area contributed by atoms with E-state index in [4.69, 9.17) is 9.47 Å². The van der Waals surface area contributed by atoms with E-state index in [0.717, 1.165) is 0 Å². The second-order valence-electron chi connectivity index (χ2n) is 6.99. The van der Waals surface area contributed by atoms with Crippen LogP contribution in [-0.4, -0.2) is 52.1 Å². The Bertz CT molecular complexity index is 950. The third kappa shape index (κ3) is 3.49. The van der Waals surface area contributed by atoms with Gasteiger partial charge in [0.15, 0.2) is 11.5 Å². The number of piperazine rings is 1. The Balaban J connectivity index is 1.50. The van der Waals surface area contributed by atoms with Gasteiger partial charge in [-0.3, -0.25) is 0 Å². The largest absolute Gasteiger partial charge is 0.486 e. The van der Waals surface area contributed by atoms with Crippen molar-refractivity contribution in [3.8, 4) is 11.5 Å². The van der Waals surface area contributed by atoms with Crippen LogP contribution in [0.3, 0.4) is 0 Å². The molecule has 0 radical (unpaired) electrons. The molecule has 144 valence electrons. The van der Waals surface area contributed by atoms with E-state index in [9.17, 15) is 8.42 Å². The molecular weight excluding hydrogens is 364 g/mol. The standard InChI is InChI=1S/C20H24N2O4S/c1-15-3-5-18(16(2)13-15)21-7-9-22(10-8-21)27(23,24)17-4-6-19-20(14-17)26-12-11-25-19/h3-6,13-14H,7-12H2,1-2H3. The number of sulfonamides is 1. The molecule has 0 bridgehead atoms. The van der Waals surface area contributed by atoms with Gasteiger partial charge in [0.25, 0.3) is 0 Å². The summed E-state index contributed by atoms with van der Waals surface area (Å²) in [5.74, 6) is 1.09. The van der Waals surface area contributed by atoms with Crippen molar-refractivity contribution >= 4 is 15.7 Å². The number of ether oxygens (including phenoxy) is 2. The quantitative estimate of drug-likeness (QED) is 0.809.